The predicted molar refractivity (Wildman–Crippen MR) is 117 cm³/mol. The standard InChI is InChI=1S/C21H14FNO2S3/c22-15-7-4-8-16(11-15)23-20(24)18(28-21(23)26)12-17-9-10-19(25-17)27-13-14-5-2-1-3-6-14/h1-12H,13H2/b18-12-. The zero-order valence-electron chi connectivity index (χ0n) is 14.5. The van der Waals surface area contributed by atoms with Crippen LogP contribution in [0, 0.1) is 5.82 Å². The second kappa shape index (κ2) is 8.34. The Bertz CT molecular complexity index is 1060. The molecule has 1 amide bonds. The van der Waals surface area contributed by atoms with E-state index in [-0.39, 0.29) is 5.91 Å². The molecule has 28 heavy (non-hydrogen) atoms. The van der Waals surface area contributed by atoms with Crippen LogP contribution in [0.25, 0.3) is 6.08 Å². The number of thiocarbonyl (C=S) groups is 1. The van der Waals surface area contributed by atoms with Crippen LogP contribution in [0.15, 0.2) is 81.1 Å². The number of rotatable bonds is 5. The third-order valence-corrected chi connectivity index (χ3v) is 6.24. The molecule has 1 aliphatic rings. The van der Waals surface area contributed by atoms with Crippen molar-refractivity contribution < 1.29 is 13.6 Å². The monoisotopic (exact) mass is 427 g/mol. The molecule has 0 N–H and O–H groups in total. The molecule has 140 valence electrons. The van der Waals surface area contributed by atoms with Gasteiger partial charge in [-0.1, -0.05) is 72.1 Å². The Hall–Kier alpha value is -2.35. The first-order valence-electron chi connectivity index (χ1n) is 8.40. The Labute approximate surface area is 175 Å². The van der Waals surface area contributed by atoms with E-state index in [1.165, 1.54) is 34.4 Å². The fraction of sp³-hybridized carbons (Fsp3) is 0.0476. The number of carbonyl (C=O) groups excluding carboxylic acids is 1. The van der Waals surface area contributed by atoms with Crippen molar-refractivity contribution in [3.63, 3.8) is 0 Å². The molecule has 3 aromatic rings. The molecule has 7 heteroatoms. The first-order chi connectivity index (χ1) is 13.6. The van der Waals surface area contributed by atoms with Crippen molar-refractivity contribution in [2.24, 2.45) is 0 Å². The molecule has 3 nitrogen and oxygen atoms in total. The number of carbonyl (C=O) groups is 1. The summed E-state index contributed by atoms with van der Waals surface area (Å²) in [7, 11) is 0. The molecule has 1 aliphatic heterocycles. The fourth-order valence-electron chi connectivity index (χ4n) is 2.65. The van der Waals surface area contributed by atoms with Gasteiger partial charge in [-0.25, -0.2) is 4.39 Å². The van der Waals surface area contributed by atoms with Crippen molar-refractivity contribution in [3.8, 4) is 0 Å². The minimum atomic E-state index is -0.415. The summed E-state index contributed by atoms with van der Waals surface area (Å²) in [4.78, 5) is 14.5. The van der Waals surface area contributed by atoms with E-state index in [2.05, 4.69) is 12.1 Å². The summed E-state index contributed by atoms with van der Waals surface area (Å²) in [6.07, 6.45) is 1.67. The highest BCUT2D eigenvalue weighted by molar-refractivity contribution is 8.27. The van der Waals surface area contributed by atoms with E-state index in [1.54, 1.807) is 30.0 Å². The summed E-state index contributed by atoms with van der Waals surface area (Å²) in [5, 5.41) is 0.774. The molecule has 2 aromatic carbocycles. The second-order valence-electron chi connectivity index (χ2n) is 5.93. The lowest BCUT2D eigenvalue weighted by atomic mass is 10.2. The Balaban J connectivity index is 1.48. The van der Waals surface area contributed by atoms with E-state index in [1.807, 2.05) is 30.3 Å². The van der Waals surface area contributed by atoms with Crippen LogP contribution in [-0.2, 0) is 10.5 Å². The van der Waals surface area contributed by atoms with E-state index in [9.17, 15) is 9.18 Å². The maximum Gasteiger partial charge on any atom is 0.270 e. The highest BCUT2D eigenvalue weighted by Crippen LogP contribution is 2.36. The van der Waals surface area contributed by atoms with Crippen molar-refractivity contribution >= 4 is 57.7 Å². The Kier molecular flexibility index (Phi) is 5.66. The molecular formula is C21H14FNO2S3. The predicted octanol–water partition coefficient (Wildman–Crippen LogP) is 6.12. The van der Waals surface area contributed by atoms with Crippen LogP contribution in [0.2, 0.25) is 0 Å². The van der Waals surface area contributed by atoms with E-state index in [0.29, 0.717) is 20.7 Å². The van der Waals surface area contributed by atoms with E-state index in [4.69, 9.17) is 16.6 Å². The van der Waals surface area contributed by atoms with Crippen LogP contribution >= 0.6 is 35.7 Å². The van der Waals surface area contributed by atoms with Crippen LogP contribution < -0.4 is 4.90 Å². The lowest BCUT2D eigenvalue weighted by Crippen LogP contribution is -2.27. The molecule has 1 fully saturated rings. The molecule has 0 aliphatic carbocycles. The normalized spacial score (nSPS) is 15.6. The smallest absolute Gasteiger partial charge is 0.270 e. The lowest BCUT2D eigenvalue weighted by Gasteiger charge is -2.14. The summed E-state index contributed by atoms with van der Waals surface area (Å²) in [6.45, 7) is 0. The van der Waals surface area contributed by atoms with Gasteiger partial charge in [0.1, 0.15) is 11.6 Å². The number of benzene rings is 2. The third kappa shape index (κ3) is 4.22. The molecule has 0 bridgehead atoms. The Morgan fingerprint density at radius 2 is 1.93 bits per heavy atom. The summed E-state index contributed by atoms with van der Waals surface area (Å²) in [6, 6.07) is 19.6. The van der Waals surface area contributed by atoms with Crippen molar-refractivity contribution in [1.82, 2.24) is 0 Å². The van der Waals surface area contributed by atoms with Gasteiger partial charge in [0.15, 0.2) is 9.41 Å². The molecule has 0 radical (unpaired) electrons. The van der Waals surface area contributed by atoms with Gasteiger partial charge in [0.2, 0.25) is 0 Å². The largest absolute Gasteiger partial charge is 0.450 e. The fourth-order valence-corrected chi connectivity index (χ4v) is 4.75. The van der Waals surface area contributed by atoms with E-state index >= 15 is 0 Å². The molecular weight excluding hydrogens is 413 g/mol. The number of furan rings is 1. The third-order valence-electron chi connectivity index (χ3n) is 3.96. The van der Waals surface area contributed by atoms with Gasteiger partial charge in [-0.2, -0.15) is 0 Å². The van der Waals surface area contributed by atoms with Crippen molar-refractivity contribution in [2.75, 3.05) is 4.90 Å². The van der Waals surface area contributed by atoms with Crippen LogP contribution in [0.4, 0.5) is 10.1 Å². The Morgan fingerprint density at radius 1 is 1.11 bits per heavy atom. The van der Waals surface area contributed by atoms with Gasteiger partial charge in [-0.15, -0.1) is 0 Å². The minimum Gasteiger partial charge on any atom is -0.450 e. The van der Waals surface area contributed by atoms with Crippen LogP contribution in [0.5, 0.6) is 0 Å². The minimum absolute atomic E-state index is 0.282. The van der Waals surface area contributed by atoms with Crippen LogP contribution in [0.1, 0.15) is 11.3 Å². The van der Waals surface area contributed by atoms with Gasteiger partial charge in [0, 0.05) is 11.8 Å². The molecule has 0 unspecified atom stereocenters. The highest BCUT2D eigenvalue weighted by Gasteiger charge is 2.33. The number of nitrogens with zero attached hydrogens (tertiary/aromatic N) is 1. The SMILES string of the molecule is O=C1/C(=C/c2ccc(SCc3ccccc3)o2)SC(=S)N1c1cccc(F)c1. The van der Waals surface area contributed by atoms with Gasteiger partial charge in [0.05, 0.1) is 10.6 Å². The summed E-state index contributed by atoms with van der Waals surface area (Å²) in [5.74, 6) is 0.683. The maximum absolute atomic E-state index is 13.5. The van der Waals surface area contributed by atoms with Crippen molar-refractivity contribution in [3.05, 3.63) is 88.8 Å². The summed E-state index contributed by atoms with van der Waals surface area (Å²) in [5.41, 5.74) is 1.63. The first kappa shape index (κ1) is 19.0. The molecule has 0 saturated carbocycles. The average molecular weight is 428 g/mol. The summed E-state index contributed by atoms with van der Waals surface area (Å²) < 4.78 is 19.7. The van der Waals surface area contributed by atoms with Crippen LogP contribution in [0.3, 0.4) is 0 Å². The zero-order chi connectivity index (χ0) is 19.5. The molecule has 1 aromatic heterocycles. The number of amides is 1. The summed E-state index contributed by atoms with van der Waals surface area (Å²) >= 11 is 8.07. The van der Waals surface area contributed by atoms with Gasteiger partial charge in [0.25, 0.3) is 5.91 Å². The highest BCUT2D eigenvalue weighted by atomic mass is 32.2. The molecule has 2 heterocycles. The number of anilines is 1. The quantitative estimate of drug-likeness (QED) is 0.278. The number of hydrogen-bond acceptors (Lipinski definition) is 5. The van der Waals surface area contributed by atoms with E-state index < -0.39 is 5.82 Å². The van der Waals surface area contributed by atoms with Crippen molar-refractivity contribution in [2.45, 2.75) is 10.8 Å². The van der Waals surface area contributed by atoms with Gasteiger partial charge in [-0.3, -0.25) is 9.69 Å². The topological polar surface area (TPSA) is 33.5 Å². The van der Waals surface area contributed by atoms with Crippen LogP contribution in [-0.4, -0.2) is 10.2 Å². The second-order valence-corrected chi connectivity index (χ2v) is 8.58. The lowest BCUT2D eigenvalue weighted by molar-refractivity contribution is -0.113. The molecule has 0 spiro atoms. The zero-order valence-corrected chi connectivity index (χ0v) is 17.0. The number of hydrogen-bond donors (Lipinski definition) is 0. The number of halogens is 1. The molecule has 1 saturated heterocycles. The Morgan fingerprint density at radius 3 is 2.71 bits per heavy atom. The van der Waals surface area contributed by atoms with Gasteiger partial charge >= 0.3 is 0 Å². The van der Waals surface area contributed by atoms with Gasteiger partial charge < -0.3 is 4.42 Å². The first-order valence-corrected chi connectivity index (χ1v) is 10.6. The van der Waals surface area contributed by atoms with E-state index in [0.717, 1.165) is 10.8 Å². The average Bonchev–Trinajstić information content (AvgIpc) is 3.25. The van der Waals surface area contributed by atoms with Gasteiger partial charge in [-0.05, 0) is 35.9 Å². The molecule has 0 atom stereocenters. The van der Waals surface area contributed by atoms with Crippen molar-refractivity contribution in [1.29, 1.82) is 0 Å². The maximum atomic E-state index is 13.5. The number of thioether (sulfide) groups is 2. The molecule has 4 rings (SSSR count).